The van der Waals surface area contributed by atoms with Gasteiger partial charge in [0.2, 0.25) is 5.91 Å². The zero-order valence-electron chi connectivity index (χ0n) is 14.2. The van der Waals surface area contributed by atoms with Crippen molar-refractivity contribution in [2.24, 2.45) is 0 Å². The van der Waals surface area contributed by atoms with Crippen LogP contribution in [0.25, 0.3) is 11.1 Å². The van der Waals surface area contributed by atoms with Crippen LogP contribution >= 0.6 is 0 Å². The standard InChI is InChI=1S/C18H23N3O4/c22-16(12-21-14-4-1-2-5-15(14)25-17(21)23)19-13-18(6-3-7-18)20-8-10-24-11-9-20/h1-2,4-5H,3,6-13H2,(H,19,22). The SMILES string of the molecule is O=C(Cn1c(=O)oc2ccccc21)NCC1(N2CCOCC2)CCC1. The number of hydrogen-bond donors (Lipinski definition) is 1. The van der Waals surface area contributed by atoms with Crippen LogP contribution in [0.15, 0.2) is 33.5 Å². The topological polar surface area (TPSA) is 76.7 Å². The molecule has 7 nitrogen and oxygen atoms in total. The van der Waals surface area contributed by atoms with E-state index in [1.165, 1.54) is 11.0 Å². The number of morpholine rings is 1. The summed E-state index contributed by atoms with van der Waals surface area (Å²) in [5, 5.41) is 3.03. The number of nitrogens with zero attached hydrogens (tertiary/aromatic N) is 2. The lowest BCUT2D eigenvalue weighted by Crippen LogP contribution is -2.62. The van der Waals surface area contributed by atoms with Crippen LogP contribution in [-0.2, 0) is 16.1 Å². The van der Waals surface area contributed by atoms with Crippen LogP contribution in [0, 0.1) is 0 Å². The summed E-state index contributed by atoms with van der Waals surface area (Å²) in [5.74, 6) is -0.656. The second kappa shape index (κ2) is 6.65. The molecule has 2 fully saturated rings. The first kappa shape index (κ1) is 16.4. The Morgan fingerprint density at radius 1 is 1.20 bits per heavy atom. The van der Waals surface area contributed by atoms with Crippen molar-refractivity contribution in [3.63, 3.8) is 0 Å². The lowest BCUT2D eigenvalue weighted by atomic mass is 9.75. The van der Waals surface area contributed by atoms with E-state index in [1.807, 2.05) is 6.07 Å². The van der Waals surface area contributed by atoms with Crippen molar-refractivity contribution in [2.45, 2.75) is 31.3 Å². The number of benzene rings is 1. The van der Waals surface area contributed by atoms with Crippen molar-refractivity contribution >= 4 is 17.0 Å². The Morgan fingerprint density at radius 3 is 2.68 bits per heavy atom. The van der Waals surface area contributed by atoms with Crippen molar-refractivity contribution in [2.75, 3.05) is 32.8 Å². The smallest absolute Gasteiger partial charge is 0.408 e. The van der Waals surface area contributed by atoms with E-state index in [9.17, 15) is 9.59 Å². The molecule has 134 valence electrons. The van der Waals surface area contributed by atoms with Crippen LogP contribution in [0.2, 0.25) is 0 Å². The van der Waals surface area contributed by atoms with E-state index < -0.39 is 5.76 Å². The van der Waals surface area contributed by atoms with Gasteiger partial charge in [0, 0.05) is 25.2 Å². The summed E-state index contributed by atoms with van der Waals surface area (Å²) in [6.07, 6.45) is 3.39. The van der Waals surface area contributed by atoms with E-state index in [0.29, 0.717) is 17.6 Å². The number of carbonyl (C=O) groups excluding carboxylic acids is 1. The van der Waals surface area contributed by atoms with Gasteiger partial charge in [-0.3, -0.25) is 14.3 Å². The minimum atomic E-state index is -0.497. The maximum atomic E-state index is 12.4. The predicted octanol–water partition coefficient (Wildman–Crippen LogP) is 0.966. The van der Waals surface area contributed by atoms with E-state index in [-0.39, 0.29) is 18.0 Å². The Kier molecular flexibility index (Phi) is 4.35. The predicted molar refractivity (Wildman–Crippen MR) is 92.5 cm³/mol. The van der Waals surface area contributed by atoms with Gasteiger partial charge in [-0.2, -0.15) is 0 Å². The highest BCUT2D eigenvalue weighted by atomic mass is 16.5. The van der Waals surface area contributed by atoms with E-state index in [4.69, 9.17) is 9.15 Å². The number of amides is 1. The highest BCUT2D eigenvalue weighted by Gasteiger charge is 2.42. The Hall–Kier alpha value is -2.12. The molecular weight excluding hydrogens is 322 g/mol. The van der Waals surface area contributed by atoms with E-state index in [1.54, 1.807) is 18.2 Å². The molecule has 2 aromatic rings. The van der Waals surface area contributed by atoms with Crippen LogP contribution in [0.5, 0.6) is 0 Å². The highest BCUT2D eigenvalue weighted by molar-refractivity contribution is 5.79. The molecular formula is C18H23N3O4. The molecule has 0 unspecified atom stereocenters. The number of rotatable bonds is 5. The number of ether oxygens (including phenoxy) is 1. The second-order valence-electron chi connectivity index (χ2n) is 6.88. The largest absolute Gasteiger partial charge is 0.420 e. The fourth-order valence-corrected chi connectivity index (χ4v) is 3.85. The number of para-hydroxylation sites is 2. The van der Waals surface area contributed by atoms with Crippen molar-refractivity contribution in [3.05, 3.63) is 34.8 Å². The molecule has 1 N–H and O–H groups in total. The number of oxazole rings is 1. The molecule has 1 aromatic heterocycles. The van der Waals surface area contributed by atoms with Gasteiger partial charge in [-0.1, -0.05) is 12.1 Å². The van der Waals surface area contributed by atoms with Gasteiger partial charge in [0.05, 0.1) is 18.7 Å². The third kappa shape index (κ3) is 3.09. The molecule has 25 heavy (non-hydrogen) atoms. The molecule has 2 aliphatic rings. The summed E-state index contributed by atoms with van der Waals surface area (Å²) in [6, 6.07) is 7.15. The lowest BCUT2D eigenvalue weighted by molar-refractivity contribution is -0.123. The maximum absolute atomic E-state index is 12.4. The van der Waals surface area contributed by atoms with Gasteiger partial charge in [0.25, 0.3) is 0 Å². The number of fused-ring (bicyclic) bond motifs is 1. The highest BCUT2D eigenvalue weighted by Crippen LogP contribution is 2.37. The summed E-state index contributed by atoms with van der Waals surface area (Å²) >= 11 is 0. The lowest BCUT2D eigenvalue weighted by Gasteiger charge is -2.51. The third-order valence-electron chi connectivity index (χ3n) is 5.46. The number of nitrogens with one attached hydrogen (secondary N) is 1. The van der Waals surface area contributed by atoms with E-state index in [0.717, 1.165) is 39.1 Å². The molecule has 4 rings (SSSR count). The normalized spacial score (nSPS) is 20.3. The zero-order chi connectivity index (χ0) is 17.3. The molecule has 0 bridgehead atoms. The van der Waals surface area contributed by atoms with Crippen LogP contribution in [0.4, 0.5) is 0 Å². The molecule has 1 aromatic carbocycles. The maximum Gasteiger partial charge on any atom is 0.420 e. The molecule has 1 aliphatic heterocycles. The van der Waals surface area contributed by atoms with Gasteiger partial charge in [-0.15, -0.1) is 0 Å². The quantitative estimate of drug-likeness (QED) is 0.874. The zero-order valence-corrected chi connectivity index (χ0v) is 14.2. The fraction of sp³-hybridized carbons (Fsp3) is 0.556. The van der Waals surface area contributed by atoms with Crippen LogP contribution < -0.4 is 11.1 Å². The molecule has 0 radical (unpaired) electrons. The molecule has 0 spiro atoms. The number of carbonyl (C=O) groups is 1. The average Bonchev–Trinajstić information content (AvgIpc) is 2.91. The van der Waals surface area contributed by atoms with Gasteiger partial charge in [0.15, 0.2) is 5.58 Å². The summed E-state index contributed by atoms with van der Waals surface area (Å²) in [6.45, 7) is 3.95. The summed E-state index contributed by atoms with van der Waals surface area (Å²) in [7, 11) is 0. The molecule has 0 atom stereocenters. The van der Waals surface area contributed by atoms with Crippen LogP contribution in [0.1, 0.15) is 19.3 Å². The number of aromatic nitrogens is 1. The van der Waals surface area contributed by atoms with Crippen LogP contribution in [-0.4, -0.2) is 53.8 Å². The van der Waals surface area contributed by atoms with Gasteiger partial charge >= 0.3 is 5.76 Å². The minimum absolute atomic E-state index is 0.0188. The van der Waals surface area contributed by atoms with E-state index in [2.05, 4.69) is 10.2 Å². The molecule has 7 heteroatoms. The monoisotopic (exact) mass is 345 g/mol. The molecule has 1 aliphatic carbocycles. The molecule has 1 amide bonds. The van der Waals surface area contributed by atoms with Crippen molar-refractivity contribution < 1.29 is 13.9 Å². The first-order valence-electron chi connectivity index (χ1n) is 8.86. The van der Waals surface area contributed by atoms with E-state index >= 15 is 0 Å². The minimum Gasteiger partial charge on any atom is -0.408 e. The average molecular weight is 345 g/mol. The Morgan fingerprint density at radius 2 is 1.96 bits per heavy atom. The molecule has 2 heterocycles. The first-order valence-corrected chi connectivity index (χ1v) is 8.86. The van der Waals surface area contributed by atoms with Gasteiger partial charge in [-0.05, 0) is 31.4 Å². The van der Waals surface area contributed by atoms with Crippen molar-refractivity contribution in [1.29, 1.82) is 0 Å². The summed E-state index contributed by atoms with van der Waals surface area (Å²) in [5.41, 5.74) is 1.21. The van der Waals surface area contributed by atoms with Gasteiger partial charge in [0.1, 0.15) is 6.54 Å². The molecule has 1 saturated carbocycles. The Bertz CT molecular complexity index is 815. The van der Waals surface area contributed by atoms with Gasteiger partial charge in [-0.25, -0.2) is 4.79 Å². The summed E-state index contributed by atoms with van der Waals surface area (Å²) in [4.78, 5) is 26.8. The number of hydrogen-bond acceptors (Lipinski definition) is 5. The Labute approximate surface area is 145 Å². The third-order valence-corrected chi connectivity index (χ3v) is 5.46. The van der Waals surface area contributed by atoms with Crippen LogP contribution in [0.3, 0.4) is 0 Å². The van der Waals surface area contributed by atoms with Crippen molar-refractivity contribution in [3.8, 4) is 0 Å². The Balaban J connectivity index is 1.42. The molecule has 1 saturated heterocycles. The van der Waals surface area contributed by atoms with Crippen molar-refractivity contribution in [1.82, 2.24) is 14.8 Å². The summed E-state index contributed by atoms with van der Waals surface area (Å²) < 4.78 is 12.0. The van der Waals surface area contributed by atoms with Gasteiger partial charge < -0.3 is 14.5 Å². The second-order valence-corrected chi connectivity index (χ2v) is 6.88. The fourth-order valence-electron chi connectivity index (χ4n) is 3.85. The first-order chi connectivity index (χ1) is 12.2.